The lowest BCUT2D eigenvalue weighted by atomic mass is 9.94. The zero-order valence-corrected chi connectivity index (χ0v) is 8.89. The Labute approximate surface area is 80.4 Å². The molecule has 1 aliphatic heterocycles. The molecule has 13 heavy (non-hydrogen) atoms. The summed E-state index contributed by atoms with van der Waals surface area (Å²) in [7, 11) is 1.95. The van der Waals surface area contributed by atoms with E-state index in [0.717, 1.165) is 12.2 Å². The van der Waals surface area contributed by atoms with Crippen molar-refractivity contribution in [3.05, 3.63) is 23.4 Å². The van der Waals surface area contributed by atoms with Gasteiger partial charge in [0, 0.05) is 23.9 Å². The van der Waals surface area contributed by atoms with Crippen molar-refractivity contribution in [1.29, 1.82) is 0 Å². The number of hydrogen-bond donors (Lipinski definition) is 1. The molecule has 0 bridgehead atoms. The molecular formula is C11H18N2. The van der Waals surface area contributed by atoms with E-state index in [4.69, 9.17) is 0 Å². The fourth-order valence-corrected chi connectivity index (χ4v) is 1.20. The number of rotatable bonds is 2. The van der Waals surface area contributed by atoms with Gasteiger partial charge in [-0.1, -0.05) is 26.0 Å². The molecule has 0 aromatic rings. The van der Waals surface area contributed by atoms with Crippen LogP contribution in [0.3, 0.4) is 0 Å². The van der Waals surface area contributed by atoms with Crippen LogP contribution >= 0.6 is 0 Å². The standard InChI is InChI=1S/C11H18N2/c1-9-10(7-12-4)5-6-11(2,3)8-13-9/h5-6,8,12H,7H2,1-4H3. The monoisotopic (exact) mass is 178 g/mol. The van der Waals surface area contributed by atoms with Gasteiger partial charge >= 0.3 is 0 Å². The summed E-state index contributed by atoms with van der Waals surface area (Å²) >= 11 is 0. The van der Waals surface area contributed by atoms with Gasteiger partial charge in [-0.05, 0) is 19.5 Å². The Morgan fingerprint density at radius 3 is 2.77 bits per heavy atom. The van der Waals surface area contributed by atoms with E-state index in [1.54, 1.807) is 0 Å². The molecule has 0 amide bonds. The Morgan fingerprint density at radius 2 is 2.15 bits per heavy atom. The minimum atomic E-state index is 0.0801. The lowest BCUT2D eigenvalue weighted by Gasteiger charge is -2.10. The Kier molecular flexibility index (Phi) is 3.04. The van der Waals surface area contributed by atoms with Crippen molar-refractivity contribution < 1.29 is 0 Å². The first kappa shape index (κ1) is 10.2. The second-order valence-electron chi connectivity index (χ2n) is 4.05. The van der Waals surface area contributed by atoms with Crippen LogP contribution in [0.15, 0.2) is 28.4 Å². The van der Waals surface area contributed by atoms with Gasteiger partial charge in [0.1, 0.15) is 0 Å². The van der Waals surface area contributed by atoms with E-state index in [-0.39, 0.29) is 5.41 Å². The highest BCUT2D eigenvalue weighted by Crippen LogP contribution is 2.20. The third-order valence-corrected chi connectivity index (χ3v) is 2.14. The van der Waals surface area contributed by atoms with Crippen LogP contribution in [-0.4, -0.2) is 19.8 Å². The van der Waals surface area contributed by atoms with Crippen molar-refractivity contribution in [3.63, 3.8) is 0 Å². The molecule has 0 fully saturated rings. The maximum atomic E-state index is 4.43. The molecular weight excluding hydrogens is 160 g/mol. The van der Waals surface area contributed by atoms with E-state index in [2.05, 4.69) is 43.2 Å². The molecule has 0 radical (unpaired) electrons. The van der Waals surface area contributed by atoms with Gasteiger partial charge in [-0.3, -0.25) is 4.99 Å². The van der Waals surface area contributed by atoms with Crippen molar-refractivity contribution in [2.45, 2.75) is 20.8 Å². The van der Waals surface area contributed by atoms with Crippen LogP contribution in [0, 0.1) is 5.41 Å². The quantitative estimate of drug-likeness (QED) is 0.688. The summed E-state index contributed by atoms with van der Waals surface area (Å²) in [6.45, 7) is 7.25. The van der Waals surface area contributed by atoms with Gasteiger partial charge in [0.05, 0.1) is 0 Å². The molecule has 2 heteroatoms. The average molecular weight is 178 g/mol. The second-order valence-corrected chi connectivity index (χ2v) is 4.05. The summed E-state index contributed by atoms with van der Waals surface area (Å²) in [5.41, 5.74) is 2.46. The molecule has 1 heterocycles. The molecule has 0 unspecified atom stereocenters. The number of nitrogens with zero attached hydrogens (tertiary/aromatic N) is 1. The van der Waals surface area contributed by atoms with Crippen LogP contribution in [0.5, 0.6) is 0 Å². The fourth-order valence-electron chi connectivity index (χ4n) is 1.20. The third kappa shape index (κ3) is 2.81. The third-order valence-electron chi connectivity index (χ3n) is 2.14. The van der Waals surface area contributed by atoms with E-state index in [1.165, 1.54) is 5.57 Å². The Bertz CT molecular complexity index is 270. The van der Waals surface area contributed by atoms with E-state index < -0.39 is 0 Å². The summed E-state index contributed by atoms with van der Waals surface area (Å²) < 4.78 is 0. The first-order chi connectivity index (χ1) is 6.05. The predicted molar refractivity (Wildman–Crippen MR) is 58.0 cm³/mol. The molecule has 0 aromatic heterocycles. The normalized spacial score (nSPS) is 20.6. The number of allylic oxidation sites excluding steroid dienone is 2. The molecule has 2 nitrogen and oxygen atoms in total. The zero-order chi connectivity index (χ0) is 9.90. The summed E-state index contributed by atoms with van der Waals surface area (Å²) in [4.78, 5) is 4.43. The van der Waals surface area contributed by atoms with E-state index in [9.17, 15) is 0 Å². The Morgan fingerprint density at radius 1 is 1.46 bits per heavy atom. The second kappa shape index (κ2) is 3.88. The first-order valence-electron chi connectivity index (χ1n) is 4.64. The highest BCUT2D eigenvalue weighted by atomic mass is 14.8. The molecule has 0 atom stereocenters. The molecule has 0 saturated heterocycles. The summed E-state index contributed by atoms with van der Waals surface area (Å²) in [6.07, 6.45) is 6.36. The maximum Gasteiger partial charge on any atom is 0.0413 e. The largest absolute Gasteiger partial charge is 0.316 e. The fraction of sp³-hybridized carbons (Fsp3) is 0.545. The minimum absolute atomic E-state index is 0.0801. The van der Waals surface area contributed by atoms with Crippen molar-refractivity contribution in [3.8, 4) is 0 Å². The molecule has 1 rings (SSSR count). The van der Waals surface area contributed by atoms with Crippen molar-refractivity contribution in [2.24, 2.45) is 10.4 Å². The lowest BCUT2D eigenvalue weighted by molar-refractivity contribution is 0.694. The summed E-state index contributed by atoms with van der Waals surface area (Å²) in [6, 6.07) is 0. The van der Waals surface area contributed by atoms with Gasteiger partial charge in [-0.2, -0.15) is 0 Å². The lowest BCUT2D eigenvalue weighted by Crippen LogP contribution is -2.10. The summed E-state index contributed by atoms with van der Waals surface area (Å²) in [5.74, 6) is 0. The summed E-state index contributed by atoms with van der Waals surface area (Å²) in [5, 5.41) is 3.14. The first-order valence-corrected chi connectivity index (χ1v) is 4.64. The maximum absolute atomic E-state index is 4.43. The minimum Gasteiger partial charge on any atom is -0.316 e. The SMILES string of the molecule is CNCC1=C(C)N=CC(C)(C)C=C1. The van der Waals surface area contributed by atoms with Crippen molar-refractivity contribution in [1.82, 2.24) is 5.32 Å². The average Bonchev–Trinajstić information content (AvgIpc) is 2.18. The topological polar surface area (TPSA) is 24.4 Å². The van der Waals surface area contributed by atoms with Gasteiger partial charge in [0.25, 0.3) is 0 Å². The van der Waals surface area contributed by atoms with Crippen LogP contribution in [0.2, 0.25) is 0 Å². The van der Waals surface area contributed by atoms with Crippen LogP contribution in [0.1, 0.15) is 20.8 Å². The van der Waals surface area contributed by atoms with Crippen LogP contribution in [0.25, 0.3) is 0 Å². The highest BCUT2D eigenvalue weighted by molar-refractivity contribution is 5.70. The number of nitrogens with one attached hydrogen (secondary N) is 1. The number of likely N-dealkylation sites (N-methyl/N-ethyl adjacent to an activating group) is 1. The van der Waals surface area contributed by atoms with Gasteiger partial charge in [0.2, 0.25) is 0 Å². The molecule has 0 aliphatic carbocycles. The molecule has 0 saturated carbocycles. The molecule has 0 aromatic carbocycles. The van der Waals surface area contributed by atoms with Gasteiger partial charge in [-0.25, -0.2) is 0 Å². The Hall–Kier alpha value is -0.890. The Balaban J connectivity index is 2.91. The number of hydrogen-bond acceptors (Lipinski definition) is 2. The van der Waals surface area contributed by atoms with Crippen molar-refractivity contribution in [2.75, 3.05) is 13.6 Å². The predicted octanol–water partition coefficient (Wildman–Crippen LogP) is 2.15. The van der Waals surface area contributed by atoms with E-state index >= 15 is 0 Å². The zero-order valence-electron chi connectivity index (χ0n) is 8.89. The molecule has 0 spiro atoms. The highest BCUT2D eigenvalue weighted by Gasteiger charge is 2.13. The van der Waals surface area contributed by atoms with E-state index in [1.807, 2.05) is 13.3 Å². The molecule has 1 N–H and O–H groups in total. The number of aliphatic imine (C=N–C) groups is 1. The smallest absolute Gasteiger partial charge is 0.0413 e. The van der Waals surface area contributed by atoms with Gasteiger partial charge < -0.3 is 5.32 Å². The molecule has 72 valence electrons. The van der Waals surface area contributed by atoms with Crippen LogP contribution in [-0.2, 0) is 0 Å². The van der Waals surface area contributed by atoms with Gasteiger partial charge in [0.15, 0.2) is 0 Å². The van der Waals surface area contributed by atoms with E-state index in [0.29, 0.717) is 0 Å². The van der Waals surface area contributed by atoms with Gasteiger partial charge in [-0.15, -0.1) is 0 Å². The van der Waals surface area contributed by atoms with Crippen LogP contribution in [0.4, 0.5) is 0 Å². The van der Waals surface area contributed by atoms with Crippen LogP contribution < -0.4 is 5.32 Å². The molecule has 1 aliphatic rings. The van der Waals surface area contributed by atoms with Crippen molar-refractivity contribution >= 4 is 6.21 Å².